The van der Waals surface area contributed by atoms with E-state index >= 15 is 0 Å². The fourth-order valence-electron chi connectivity index (χ4n) is 6.08. The normalized spacial score (nSPS) is 23.4. The van der Waals surface area contributed by atoms with Gasteiger partial charge in [0.25, 0.3) is 5.91 Å². The number of nitrogens with zero attached hydrogens (tertiary/aromatic N) is 3. The van der Waals surface area contributed by atoms with E-state index in [0.717, 1.165) is 57.3 Å². The van der Waals surface area contributed by atoms with E-state index in [1.54, 1.807) is 4.90 Å². The first-order valence-electron chi connectivity index (χ1n) is 13.4. The number of carbonyl (C=O) groups excluding carboxylic acids is 2. The average molecular weight is 491 g/mol. The summed E-state index contributed by atoms with van der Waals surface area (Å²) in [5.74, 6) is -1.50. The number of nitrogens with one attached hydrogen (secondary N) is 1. The van der Waals surface area contributed by atoms with Gasteiger partial charge < -0.3 is 15.1 Å². The lowest BCUT2D eigenvalue weighted by Gasteiger charge is -2.41. The Balaban J connectivity index is 1.30. The largest absolute Gasteiger partial charge is 0.355 e. The lowest BCUT2D eigenvalue weighted by molar-refractivity contribution is -0.129. The molecule has 2 heterocycles. The third-order valence-electron chi connectivity index (χ3n) is 8.13. The Morgan fingerprint density at radius 3 is 2.40 bits per heavy atom. The Labute approximate surface area is 208 Å². The van der Waals surface area contributed by atoms with Crippen molar-refractivity contribution in [2.45, 2.75) is 70.4 Å². The summed E-state index contributed by atoms with van der Waals surface area (Å²) in [7, 11) is 0. The highest BCUT2D eigenvalue weighted by atomic mass is 19.1. The SMILES string of the molecule is CC1CCCCN1CCCNC(=O)C(C1CCCC1)N1CCN(C(=O)c2ccc(F)cc2F)CC1. The molecule has 0 radical (unpaired) electrons. The third kappa shape index (κ3) is 6.58. The number of piperazine rings is 1. The van der Waals surface area contributed by atoms with Gasteiger partial charge in [-0.2, -0.15) is 0 Å². The van der Waals surface area contributed by atoms with E-state index in [1.807, 2.05) is 0 Å². The molecule has 2 unspecified atom stereocenters. The lowest BCUT2D eigenvalue weighted by atomic mass is 9.95. The minimum absolute atomic E-state index is 0.104. The van der Waals surface area contributed by atoms with Crippen LogP contribution in [0, 0.1) is 17.6 Å². The van der Waals surface area contributed by atoms with Crippen LogP contribution in [0.25, 0.3) is 0 Å². The molecule has 1 aromatic rings. The second-order valence-electron chi connectivity index (χ2n) is 10.5. The Morgan fingerprint density at radius 1 is 1.00 bits per heavy atom. The van der Waals surface area contributed by atoms with E-state index in [-0.39, 0.29) is 17.5 Å². The van der Waals surface area contributed by atoms with Crippen LogP contribution in [0.2, 0.25) is 0 Å². The van der Waals surface area contributed by atoms with Crippen molar-refractivity contribution >= 4 is 11.8 Å². The smallest absolute Gasteiger partial charge is 0.256 e. The van der Waals surface area contributed by atoms with Gasteiger partial charge in [-0.15, -0.1) is 0 Å². The van der Waals surface area contributed by atoms with Gasteiger partial charge in [0.05, 0.1) is 11.6 Å². The first-order chi connectivity index (χ1) is 16.9. The maximum Gasteiger partial charge on any atom is 0.256 e. The molecule has 1 saturated carbocycles. The van der Waals surface area contributed by atoms with Crippen LogP contribution >= 0.6 is 0 Å². The maximum absolute atomic E-state index is 14.1. The average Bonchev–Trinajstić information content (AvgIpc) is 3.37. The number of hydrogen-bond acceptors (Lipinski definition) is 4. The van der Waals surface area contributed by atoms with Crippen LogP contribution in [0.5, 0.6) is 0 Å². The van der Waals surface area contributed by atoms with Gasteiger partial charge in [0, 0.05) is 51.4 Å². The second-order valence-corrected chi connectivity index (χ2v) is 10.5. The second kappa shape index (κ2) is 12.3. The Kier molecular flexibility index (Phi) is 9.11. The van der Waals surface area contributed by atoms with Gasteiger partial charge in [-0.25, -0.2) is 8.78 Å². The van der Waals surface area contributed by atoms with Gasteiger partial charge in [0.2, 0.25) is 5.91 Å². The van der Waals surface area contributed by atoms with E-state index in [0.29, 0.717) is 44.7 Å². The molecular formula is C27H40F2N4O2. The summed E-state index contributed by atoms with van der Waals surface area (Å²) in [6.45, 7) is 7.18. The van der Waals surface area contributed by atoms with Gasteiger partial charge in [0.1, 0.15) is 11.6 Å². The summed E-state index contributed by atoms with van der Waals surface area (Å²) < 4.78 is 27.3. The number of halogens is 2. The number of amides is 2. The highest BCUT2D eigenvalue weighted by molar-refractivity contribution is 5.94. The summed E-state index contributed by atoms with van der Waals surface area (Å²) in [5, 5.41) is 3.21. The minimum atomic E-state index is -0.834. The molecule has 2 saturated heterocycles. The van der Waals surface area contributed by atoms with Gasteiger partial charge in [0.15, 0.2) is 0 Å². The summed E-state index contributed by atoms with van der Waals surface area (Å²) >= 11 is 0. The minimum Gasteiger partial charge on any atom is -0.355 e. The molecule has 8 heteroatoms. The van der Waals surface area contributed by atoms with Crippen LogP contribution in [0.4, 0.5) is 8.78 Å². The van der Waals surface area contributed by atoms with Gasteiger partial charge in [-0.1, -0.05) is 19.3 Å². The highest BCUT2D eigenvalue weighted by Gasteiger charge is 2.37. The van der Waals surface area contributed by atoms with Gasteiger partial charge in [-0.3, -0.25) is 14.5 Å². The zero-order valence-electron chi connectivity index (χ0n) is 21.0. The quantitative estimate of drug-likeness (QED) is 0.565. The fraction of sp³-hybridized carbons (Fsp3) is 0.704. The van der Waals surface area contributed by atoms with Crippen molar-refractivity contribution in [1.29, 1.82) is 0 Å². The first kappa shape index (κ1) is 26.0. The molecule has 2 aliphatic heterocycles. The summed E-state index contributed by atoms with van der Waals surface area (Å²) in [6.07, 6.45) is 9.23. The van der Waals surface area contributed by atoms with Crippen LogP contribution in [-0.2, 0) is 4.79 Å². The number of likely N-dealkylation sites (tertiary alicyclic amines) is 1. The number of carbonyl (C=O) groups is 2. The molecule has 2 atom stereocenters. The van der Waals surface area contributed by atoms with Crippen molar-refractivity contribution in [3.05, 3.63) is 35.4 Å². The predicted molar refractivity (Wildman–Crippen MR) is 132 cm³/mol. The van der Waals surface area contributed by atoms with Crippen molar-refractivity contribution in [2.75, 3.05) is 45.8 Å². The molecule has 2 amide bonds. The topological polar surface area (TPSA) is 55.9 Å². The Morgan fingerprint density at radius 2 is 1.71 bits per heavy atom. The van der Waals surface area contributed by atoms with Crippen molar-refractivity contribution in [1.82, 2.24) is 20.0 Å². The monoisotopic (exact) mass is 490 g/mol. The fourth-order valence-corrected chi connectivity index (χ4v) is 6.08. The van der Waals surface area contributed by atoms with Crippen LogP contribution in [0.15, 0.2) is 18.2 Å². The van der Waals surface area contributed by atoms with E-state index in [2.05, 4.69) is 22.0 Å². The molecule has 0 spiro atoms. The Bertz CT molecular complexity index is 869. The number of piperidine rings is 1. The zero-order valence-corrected chi connectivity index (χ0v) is 21.0. The molecular weight excluding hydrogens is 450 g/mol. The molecule has 0 bridgehead atoms. The van der Waals surface area contributed by atoms with Crippen molar-refractivity contribution in [3.63, 3.8) is 0 Å². The van der Waals surface area contributed by atoms with Crippen molar-refractivity contribution in [2.24, 2.45) is 5.92 Å². The molecule has 6 nitrogen and oxygen atoms in total. The molecule has 35 heavy (non-hydrogen) atoms. The third-order valence-corrected chi connectivity index (χ3v) is 8.13. The molecule has 194 valence electrons. The highest BCUT2D eigenvalue weighted by Crippen LogP contribution is 2.31. The van der Waals surface area contributed by atoms with Crippen molar-refractivity contribution in [3.8, 4) is 0 Å². The Hall–Kier alpha value is -2.06. The first-order valence-corrected chi connectivity index (χ1v) is 13.4. The number of benzene rings is 1. The molecule has 3 fully saturated rings. The van der Waals surface area contributed by atoms with Crippen LogP contribution in [0.3, 0.4) is 0 Å². The van der Waals surface area contributed by atoms with E-state index in [1.165, 1.54) is 25.3 Å². The molecule has 1 N–H and O–H groups in total. The summed E-state index contributed by atoms with van der Waals surface area (Å²) in [6, 6.07) is 3.52. The van der Waals surface area contributed by atoms with Crippen molar-refractivity contribution < 1.29 is 18.4 Å². The molecule has 3 aliphatic rings. The van der Waals surface area contributed by atoms with Crippen LogP contribution < -0.4 is 5.32 Å². The van der Waals surface area contributed by atoms with E-state index in [4.69, 9.17) is 0 Å². The van der Waals surface area contributed by atoms with Crippen LogP contribution in [-0.4, -0.2) is 84.4 Å². The maximum atomic E-state index is 14.1. The van der Waals surface area contributed by atoms with Gasteiger partial charge in [-0.05, 0) is 63.6 Å². The number of rotatable bonds is 8. The molecule has 0 aromatic heterocycles. The lowest BCUT2D eigenvalue weighted by Crippen LogP contribution is -2.58. The summed E-state index contributed by atoms with van der Waals surface area (Å²) in [4.78, 5) is 32.5. The number of hydrogen-bond donors (Lipinski definition) is 1. The van der Waals surface area contributed by atoms with E-state index in [9.17, 15) is 18.4 Å². The van der Waals surface area contributed by atoms with E-state index < -0.39 is 17.5 Å². The standard InChI is InChI=1S/C27H40F2N4O2/c1-20-7-4-5-13-31(20)14-6-12-30-26(34)25(21-8-2-3-9-21)32-15-17-33(18-16-32)27(35)23-11-10-22(28)19-24(23)29/h10-11,19-21,25H,2-9,12-18H2,1H3,(H,30,34). The summed E-state index contributed by atoms with van der Waals surface area (Å²) in [5.41, 5.74) is -0.104. The molecule has 1 aromatic carbocycles. The molecule has 4 rings (SSSR count). The predicted octanol–water partition coefficient (Wildman–Crippen LogP) is 3.66. The zero-order chi connectivity index (χ0) is 24.8. The van der Waals surface area contributed by atoms with Crippen LogP contribution in [0.1, 0.15) is 68.6 Å². The van der Waals surface area contributed by atoms with Gasteiger partial charge >= 0.3 is 0 Å². The molecule has 1 aliphatic carbocycles.